The van der Waals surface area contributed by atoms with Crippen molar-refractivity contribution in [2.45, 2.75) is 27.7 Å². The van der Waals surface area contributed by atoms with Gasteiger partial charge in [-0.05, 0) is 222 Å². The molecular formula is C132H120Ag4N4P8Pt2+8. The van der Waals surface area contributed by atoms with Crippen molar-refractivity contribution < 1.29 is 132 Å². The molecule has 2 radical (unpaired) electrons. The predicted molar refractivity (Wildman–Crippen MR) is 646 cm³/mol. The molecule has 0 aliphatic rings. The van der Waals surface area contributed by atoms with Crippen LogP contribution in [-0.4, -0.2) is 0 Å². The van der Waals surface area contributed by atoms with Crippen LogP contribution in [0.2, 0.25) is 0 Å². The van der Waals surface area contributed by atoms with Gasteiger partial charge < -0.3 is 25.7 Å². The molecule has 0 atom stereocenters. The molecule has 0 heterocycles. The minimum atomic E-state index is -1.10. The molecule has 20 aromatic carbocycles. The molecule has 0 saturated carbocycles. The summed E-state index contributed by atoms with van der Waals surface area (Å²) in [4.78, 5) is 16.5. The van der Waals surface area contributed by atoms with Gasteiger partial charge in [-0.3, -0.25) is 23.7 Å². The summed E-state index contributed by atoms with van der Waals surface area (Å²) in [7, 11) is -8.78. The first-order valence-corrected chi connectivity index (χ1v) is 59.9. The third-order valence-corrected chi connectivity index (χ3v) is 45.4. The first-order valence-electron chi connectivity index (χ1n) is 47.9. The summed E-state index contributed by atoms with van der Waals surface area (Å²) >= 11 is 0. The van der Waals surface area contributed by atoms with E-state index in [1.807, 2.05) is 125 Å². The molecule has 0 unspecified atom stereocenters. The van der Waals surface area contributed by atoms with Crippen molar-refractivity contribution in [1.82, 2.24) is 19.4 Å². The molecular weight excluding hydrogens is 2710 g/mol. The van der Waals surface area contributed by atoms with Crippen LogP contribution in [0.4, 0.5) is 0 Å². The van der Waals surface area contributed by atoms with E-state index in [0.717, 1.165) is 22.3 Å². The maximum Gasteiger partial charge on any atom is 2.00 e. The molecule has 4 nitrogen and oxygen atoms in total. The van der Waals surface area contributed by atoms with E-state index in [2.05, 4.69) is 528 Å². The quantitative estimate of drug-likeness (QED) is 0.0211. The third-order valence-electron chi connectivity index (χ3n) is 22.8. The Kier molecular flexibility index (Phi) is 62.3. The fourth-order valence-corrected chi connectivity index (χ4v) is 39.5. The second-order valence-electron chi connectivity index (χ2n) is 33.3. The van der Waals surface area contributed by atoms with Crippen LogP contribution in [0.3, 0.4) is 0 Å². The summed E-state index contributed by atoms with van der Waals surface area (Å²) in [6, 6.07) is 205. The summed E-state index contributed by atoms with van der Waals surface area (Å²) in [6.07, 6.45) is 27.1. The average Bonchev–Trinajstić information content (AvgIpc) is 0.823. The third kappa shape index (κ3) is 43.0. The molecule has 150 heavy (non-hydrogen) atoms. The van der Waals surface area contributed by atoms with E-state index >= 15 is 0 Å². The summed E-state index contributed by atoms with van der Waals surface area (Å²) in [5.41, 5.74) is 8.20. The number of nitrogens with one attached hydrogen (secondary N) is 4. The standard InChI is InChI=1S/4C24H21NP2.4C9H7.4Ag.2Pt/c4*1-5-13-21(14-6-1)26(22-15-7-2-8-16-22)25-27(23-17-9-3-10-18-23)24-19-11-4-12-20-24;4*1-3-9-6-4-8(2)5-7-9;;;;;;/h4*1-20,25H;4*4-7H,2H3;;;;;;/q;;;;4*-1;;;2*+1;;+2/p+8. The van der Waals surface area contributed by atoms with E-state index < -0.39 is 64.6 Å². The van der Waals surface area contributed by atoms with E-state index in [1.165, 1.54) is 107 Å². The predicted octanol–water partition coefficient (Wildman–Crippen LogP) is 24.3. The molecule has 4 N–H and O–H groups in total. The molecule has 20 rings (SSSR count). The number of benzene rings is 20. The SMILES string of the molecule is [Ag+].[Ag+].[Ag].[Ag].[C-]#Cc1ccc(C)cc1.[C-]#Cc1ccc(C)cc1.[C-]#Cc1ccc(C)cc1.[C-]#Cc1ccc(C)cc1.[Pt+2].[Pt].c1ccc([PH+](N[PH+](c2ccccc2)c2ccccc2)c2ccccc2)cc1.c1ccc([PH+](N[PH+](c2ccccc2)c2ccccc2)c2ccccc2)cc1.c1ccc([PH+](N[PH+](c2ccccc2)c2ccccc2)c2ccccc2)cc1.c1ccc([PH+](N[PH+](c2ccccc2)c2ccccc2)c2ccccc2)cc1. The van der Waals surface area contributed by atoms with Gasteiger partial charge in [0.15, 0.2) is 64.6 Å². The molecule has 0 amide bonds. The number of rotatable bonds is 24. The Hall–Kier alpha value is -9.74. The monoisotopic (exact) mass is 2830 g/mol. The first kappa shape index (κ1) is 127. The molecule has 0 aliphatic heterocycles. The van der Waals surface area contributed by atoms with Crippen LogP contribution in [0.5, 0.6) is 0 Å². The van der Waals surface area contributed by atoms with Crippen molar-refractivity contribution in [3.8, 4) is 23.7 Å². The van der Waals surface area contributed by atoms with Gasteiger partial charge in [0.25, 0.3) is 0 Å². The van der Waals surface area contributed by atoms with Crippen LogP contribution in [0.1, 0.15) is 44.5 Å². The molecule has 20 aromatic rings. The van der Waals surface area contributed by atoms with Gasteiger partial charge in [-0.2, -0.15) is 0 Å². The van der Waals surface area contributed by atoms with E-state index in [9.17, 15) is 0 Å². The Morgan fingerprint density at radius 3 is 0.280 bits per heavy atom. The Bertz CT molecular complexity index is 5670. The van der Waals surface area contributed by atoms with Crippen LogP contribution >= 0.6 is 64.6 Å². The first-order chi connectivity index (χ1) is 71.0. The summed E-state index contributed by atoms with van der Waals surface area (Å²) in [5, 5.41) is 22.3. The minimum absolute atomic E-state index is 0. The molecule has 0 aliphatic carbocycles. The van der Waals surface area contributed by atoms with Gasteiger partial charge in [-0.25, -0.2) is 0 Å². The molecule has 18 heteroatoms. The van der Waals surface area contributed by atoms with Crippen molar-refractivity contribution in [3.05, 3.63) is 653 Å². The minimum Gasteiger partial charge on any atom is -0.366 e. The van der Waals surface area contributed by atoms with Crippen molar-refractivity contribution in [3.63, 3.8) is 0 Å². The fourth-order valence-electron chi connectivity index (χ4n) is 15.2. The van der Waals surface area contributed by atoms with Crippen LogP contribution in [0, 0.1) is 77.1 Å². The van der Waals surface area contributed by atoms with Gasteiger partial charge in [0.2, 0.25) is 0 Å². The summed E-state index contributed by atoms with van der Waals surface area (Å²) in [5.74, 6) is 9.22. The Morgan fingerprint density at radius 2 is 0.213 bits per heavy atom. The topological polar surface area (TPSA) is 48.1 Å². The second kappa shape index (κ2) is 73.5. The Balaban J connectivity index is 0.000000240. The Labute approximate surface area is 993 Å². The molecule has 764 valence electrons. The van der Waals surface area contributed by atoms with E-state index in [4.69, 9.17) is 25.7 Å². The molecule has 0 spiro atoms. The van der Waals surface area contributed by atoms with Crippen LogP contribution in [0.15, 0.2) is 582 Å². The summed E-state index contributed by atoms with van der Waals surface area (Å²) < 4.78 is 0. The zero-order valence-electron chi connectivity index (χ0n) is 83.3. The molecule has 0 aromatic heterocycles. The smallest absolute Gasteiger partial charge is 0.366 e. The van der Waals surface area contributed by atoms with E-state index in [0.29, 0.717) is 0 Å². The van der Waals surface area contributed by atoms with Gasteiger partial charge in [-0.1, -0.05) is 381 Å². The Morgan fingerprint density at radius 1 is 0.140 bits per heavy atom. The summed E-state index contributed by atoms with van der Waals surface area (Å²) in [6.45, 7) is 8.09. The zero-order valence-corrected chi connectivity index (χ0v) is 102. The van der Waals surface area contributed by atoms with Gasteiger partial charge in [0, 0.05) is 65.8 Å². The largest absolute Gasteiger partial charge is 2.00 e. The molecule has 0 fully saturated rings. The number of aryl methyl sites for hydroxylation is 4. The van der Waals surface area contributed by atoms with Crippen LogP contribution < -0.4 is 104 Å². The van der Waals surface area contributed by atoms with Crippen molar-refractivity contribution in [1.29, 1.82) is 0 Å². The van der Waals surface area contributed by atoms with Gasteiger partial charge in [-0.15, -0.1) is 70.8 Å². The van der Waals surface area contributed by atoms with Gasteiger partial charge >= 0.3 is 65.8 Å². The average molecular weight is 2830 g/mol. The molecule has 0 saturated heterocycles. The second-order valence-corrected chi connectivity index (χ2v) is 52.6. The maximum atomic E-state index is 6.76. The van der Waals surface area contributed by atoms with Crippen molar-refractivity contribution in [2.75, 3.05) is 0 Å². The fraction of sp³-hybridized carbons (Fsp3) is 0.0303. The van der Waals surface area contributed by atoms with Crippen molar-refractivity contribution >= 4 is 149 Å². The van der Waals surface area contributed by atoms with E-state index in [1.54, 1.807) is 0 Å². The van der Waals surface area contributed by atoms with Crippen LogP contribution in [-0.2, 0) is 132 Å². The van der Waals surface area contributed by atoms with Crippen molar-refractivity contribution in [2.24, 2.45) is 0 Å². The van der Waals surface area contributed by atoms with E-state index in [-0.39, 0.29) is 132 Å². The maximum absolute atomic E-state index is 6.76. The zero-order chi connectivity index (χ0) is 100. The van der Waals surface area contributed by atoms with Crippen LogP contribution in [0.25, 0.3) is 0 Å². The normalized spacial score (nSPS) is 9.97. The molecule has 0 bridgehead atoms. The van der Waals surface area contributed by atoms with Gasteiger partial charge in [0.1, 0.15) is 84.9 Å². The number of hydrogen-bond acceptors (Lipinski definition) is 4. The number of hydrogen-bond donors (Lipinski definition) is 4. The van der Waals surface area contributed by atoms with Gasteiger partial charge in [0.05, 0.1) is 0 Å².